The third-order valence-corrected chi connectivity index (χ3v) is 1.65. The molecule has 0 bridgehead atoms. The molecule has 5 nitrogen and oxygen atoms in total. The number of ketones is 1. The van der Waals surface area contributed by atoms with Gasteiger partial charge in [0.05, 0.1) is 0 Å². The topological polar surface area (TPSA) is 81.8 Å². The lowest BCUT2D eigenvalue weighted by atomic mass is 10.2. The monoisotopic (exact) mass is 224 g/mol. The summed E-state index contributed by atoms with van der Waals surface area (Å²) < 4.78 is 12.6. The first-order valence-corrected chi connectivity index (χ1v) is 4.32. The van der Waals surface area contributed by atoms with Crippen molar-refractivity contribution in [3.8, 4) is 0 Å². The fourth-order valence-electron chi connectivity index (χ4n) is 0.828. The van der Waals surface area contributed by atoms with E-state index in [4.69, 9.17) is 5.73 Å². The predicted octanol–water partition coefficient (Wildman–Crippen LogP) is 0.578. The van der Waals surface area contributed by atoms with E-state index in [1.807, 2.05) is 0 Å². The van der Waals surface area contributed by atoms with E-state index in [1.165, 1.54) is 24.3 Å². The van der Waals surface area contributed by atoms with Gasteiger partial charge in [-0.1, -0.05) is 5.16 Å². The summed E-state index contributed by atoms with van der Waals surface area (Å²) >= 11 is 0. The molecule has 84 valence electrons. The first-order chi connectivity index (χ1) is 7.50. The van der Waals surface area contributed by atoms with Crippen molar-refractivity contribution in [2.75, 3.05) is 0 Å². The number of amidine groups is 1. The lowest BCUT2D eigenvalue weighted by molar-refractivity contribution is -0.152. The summed E-state index contributed by atoms with van der Waals surface area (Å²) in [6, 6.07) is 5.11. The smallest absolute Gasteiger partial charge is 0.380 e. The van der Waals surface area contributed by atoms with Gasteiger partial charge in [-0.25, -0.2) is 9.18 Å². The number of rotatable bonds is 3. The highest BCUT2D eigenvalue weighted by molar-refractivity contribution is 6.32. The molecule has 0 unspecified atom stereocenters. The van der Waals surface area contributed by atoms with Gasteiger partial charge in [-0.3, -0.25) is 4.79 Å². The van der Waals surface area contributed by atoms with Crippen molar-refractivity contribution in [3.63, 3.8) is 0 Å². The van der Waals surface area contributed by atoms with E-state index >= 15 is 0 Å². The van der Waals surface area contributed by atoms with Crippen LogP contribution in [0.25, 0.3) is 0 Å². The number of oxime groups is 1. The molecule has 0 heterocycles. The fourth-order valence-corrected chi connectivity index (χ4v) is 0.828. The Morgan fingerprint density at radius 2 is 1.88 bits per heavy atom. The van der Waals surface area contributed by atoms with Gasteiger partial charge in [0, 0.05) is 12.5 Å². The van der Waals surface area contributed by atoms with Crippen molar-refractivity contribution >= 4 is 17.6 Å². The van der Waals surface area contributed by atoms with Gasteiger partial charge in [0.1, 0.15) is 5.82 Å². The molecule has 1 aromatic rings. The molecule has 1 rings (SSSR count). The normalized spacial score (nSPS) is 11.0. The maximum atomic E-state index is 12.6. The first kappa shape index (κ1) is 11.8. The molecule has 0 spiro atoms. The number of benzene rings is 1. The summed E-state index contributed by atoms with van der Waals surface area (Å²) in [5, 5.41) is 3.25. The van der Waals surface area contributed by atoms with Gasteiger partial charge >= 0.3 is 5.97 Å². The number of nitrogens with two attached hydrogens (primary N) is 1. The Bertz CT molecular complexity index is 440. The predicted molar refractivity (Wildman–Crippen MR) is 53.9 cm³/mol. The molecule has 2 N–H and O–H groups in total. The van der Waals surface area contributed by atoms with E-state index < -0.39 is 17.6 Å². The van der Waals surface area contributed by atoms with Gasteiger partial charge in [0.25, 0.3) is 0 Å². The molecule has 0 aliphatic rings. The molecule has 6 heteroatoms. The van der Waals surface area contributed by atoms with Crippen LogP contribution in [0.3, 0.4) is 0 Å². The molecule has 0 aromatic heterocycles. The Labute approximate surface area is 90.7 Å². The molecule has 0 fully saturated rings. The fraction of sp³-hybridized carbons (Fsp3) is 0.100. The third kappa shape index (κ3) is 3.16. The third-order valence-electron chi connectivity index (χ3n) is 1.65. The largest absolute Gasteiger partial charge is 0.400 e. The summed E-state index contributed by atoms with van der Waals surface area (Å²) in [4.78, 5) is 25.5. The second kappa shape index (κ2) is 5.01. The highest BCUT2D eigenvalue weighted by Gasteiger charge is 2.09. The van der Waals surface area contributed by atoms with Crippen LogP contribution >= 0.6 is 0 Å². The van der Waals surface area contributed by atoms with Crippen LogP contribution in [0, 0.1) is 5.82 Å². The number of halogens is 1. The van der Waals surface area contributed by atoms with E-state index in [0.29, 0.717) is 5.56 Å². The number of hydrogen-bond acceptors (Lipinski definition) is 4. The molecule has 0 atom stereocenters. The number of carbonyl (C=O) groups excluding carboxylic acids is 2. The van der Waals surface area contributed by atoms with E-state index in [-0.39, 0.29) is 5.84 Å². The molecule has 0 saturated carbocycles. The standard InChI is InChI=1S/C10H9FN2O3/c1-6(14)10(15)16-13-9(12)7-2-4-8(11)5-3-7/h2-5H,1H3,(H2,12,13). The van der Waals surface area contributed by atoms with Gasteiger partial charge in [-0.2, -0.15) is 0 Å². The summed E-state index contributed by atoms with van der Waals surface area (Å²) in [6.45, 7) is 1.05. The molecule has 0 radical (unpaired) electrons. The zero-order chi connectivity index (χ0) is 12.1. The Morgan fingerprint density at radius 1 is 1.31 bits per heavy atom. The van der Waals surface area contributed by atoms with Gasteiger partial charge in [0.2, 0.25) is 5.78 Å². The zero-order valence-corrected chi connectivity index (χ0v) is 8.44. The second-order valence-electron chi connectivity index (χ2n) is 2.92. The van der Waals surface area contributed by atoms with E-state index in [0.717, 1.165) is 6.92 Å². The van der Waals surface area contributed by atoms with Crippen LogP contribution in [0.4, 0.5) is 4.39 Å². The van der Waals surface area contributed by atoms with Crippen LogP contribution in [0.1, 0.15) is 12.5 Å². The van der Waals surface area contributed by atoms with E-state index in [2.05, 4.69) is 9.99 Å². The Kier molecular flexibility index (Phi) is 3.71. The molecule has 1 aromatic carbocycles. The van der Waals surface area contributed by atoms with Crippen LogP contribution in [0.15, 0.2) is 29.4 Å². The van der Waals surface area contributed by atoms with Crippen LogP contribution < -0.4 is 5.73 Å². The second-order valence-corrected chi connectivity index (χ2v) is 2.92. The van der Waals surface area contributed by atoms with Crippen LogP contribution in [0.2, 0.25) is 0 Å². The minimum absolute atomic E-state index is 0.116. The number of carbonyl (C=O) groups is 2. The maximum Gasteiger partial charge on any atom is 0.400 e. The number of nitrogens with zero attached hydrogens (tertiary/aromatic N) is 1. The summed E-state index contributed by atoms with van der Waals surface area (Å²) in [5.74, 6) is -2.42. The average Bonchev–Trinajstić information content (AvgIpc) is 2.26. The van der Waals surface area contributed by atoms with Gasteiger partial charge in [0.15, 0.2) is 5.84 Å². The van der Waals surface area contributed by atoms with Crippen molar-refractivity contribution in [1.82, 2.24) is 0 Å². The summed E-state index contributed by atoms with van der Waals surface area (Å²) in [6.07, 6.45) is 0. The lowest BCUT2D eigenvalue weighted by Crippen LogP contribution is -2.17. The molecule has 0 aliphatic carbocycles. The quantitative estimate of drug-likeness (QED) is 0.267. The number of hydrogen-bond donors (Lipinski definition) is 1. The maximum absolute atomic E-state index is 12.6. The molecule has 0 saturated heterocycles. The molecule has 16 heavy (non-hydrogen) atoms. The number of Topliss-reactive ketones (excluding diaryl/α,β-unsaturated/α-hetero) is 1. The Morgan fingerprint density at radius 3 is 2.38 bits per heavy atom. The van der Waals surface area contributed by atoms with Crippen LogP contribution in [0.5, 0.6) is 0 Å². The van der Waals surface area contributed by atoms with E-state index in [1.54, 1.807) is 0 Å². The molecule has 0 amide bonds. The van der Waals surface area contributed by atoms with Crippen molar-refractivity contribution in [3.05, 3.63) is 35.6 Å². The highest BCUT2D eigenvalue weighted by atomic mass is 19.1. The summed E-state index contributed by atoms with van der Waals surface area (Å²) in [7, 11) is 0. The zero-order valence-electron chi connectivity index (χ0n) is 8.44. The van der Waals surface area contributed by atoms with Gasteiger partial charge < -0.3 is 10.6 Å². The highest BCUT2D eigenvalue weighted by Crippen LogP contribution is 2.02. The van der Waals surface area contributed by atoms with Crippen LogP contribution in [-0.2, 0) is 14.4 Å². The van der Waals surface area contributed by atoms with Crippen molar-refractivity contribution in [2.24, 2.45) is 10.9 Å². The molecular weight excluding hydrogens is 215 g/mol. The minimum atomic E-state index is -1.11. The molecule has 0 aliphatic heterocycles. The molecular formula is C10H9FN2O3. The van der Waals surface area contributed by atoms with Crippen molar-refractivity contribution in [1.29, 1.82) is 0 Å². The first-order valence-electron chi connectivity index (χ1n) is 4.32. The van der Waals surface area contributed by atoms with Crippen molar-refractivity contribution < 1.29 is 18.8 Å². The van der Waals surface area contributed by atoms with Crippen LogP contribution in [-0.4, -0.2) is 17.6 Å². The summed E-state index contributed by atoms with van der Waals surface area (Å²) in [5.41, 5.74) is 5.82. The van der Waals surface area contributed by atoms with Gasteiger partial charge in [-0.15, -0.1) is 0 Å². The minimum Gasteiger partial charge on any atom is -0.380 e. The van der Waals surface area contributed by atoms with E-state index in [9.17, 15) is 14.0 Å². The van der Waals surface area contributed by atoms with Gasteiger partial charge in [-0.05, 0) is 24.3 Å². The average molecular weight is 224 g/mol. The SMILES string of the molecule is CC(=O)C(=O)O/N=C(\N)c1ccc(F)cc1. The lowest BCUT2D eigenvalue weighted by Gasteiger charge is -1.99. The Balaban J connectivity index is 2.74. The van der Waals surface area contributed by atoms with Crippen molar-refractivity contribution in [2.45, 2.75) is 6.92 Å². The Hall–Kier alpha value is -2.24.